The molecule has 23 heavy (non-hydrogen) atoms. The quantitative estimate of drug-likeness (QED) is 0.901. The van der Waals surface area contributed by atoms with Gasteiger partial charge in [0.05, 0.1) is 23.5 Å². The van der Waals surface area contributed by atoms with Gasteiger partial charge >= 0.3 is 6.03 Å². The highest BCUT2D eigenvalue weighted by Crippen LogP contribution is 2.23. The summed E-state index contributed by atoms with van der Waals surface area (Å²) in [6.07, 6.45) is -0.0431. The number of urea groups is 1. The number of amides is 3. The second-order valence-corrected chi connectivity index (χ2v) is 6.42. The number of ether oxygens (including phenoxy) is 1. The van der Waals surface area contributed by atoms with E-state index in [1.54, 1.807) is 37.2 Å². The van der Waals surface area contributed by atoms with Crippen molar-refractivity contribution in [3.05, 3.63) is 28.8 Å². The third-order valence-corrected chi connectivity index (χ3v) is 3.80. The number of halogens is 1. The van der Waals surface area contributed by atoms with Gasteiger partial charge in [-0.25, -0.2) is 4.79 Å². The van der Waals surface area contributed by atoms with E-state index in [0.717, 1.165) is 0 Å². The highest BCUT2D eigenvalue weighted by atomic mass is 35.5. The SMILES string of the molecule is C[C@H]1CN(C(=O)Nc2cc(Cl)ccc2C(=O)N(C)C)C[C@H](C)O1. The maximum absolute atomic E-state index is 12.5. The van der Waals surface area contributed by atoms with Crippen LogP contribution in [0.5, 0.6) is 0 Å². The van der Waals surface area contributed by atoms with E-state index < -0.39 is 0 Å². The number of anilines is 1. The number of rotatable bonds is 2. The van der Waals surface area contributed by atoms with Gasteiger partial charge in [0.15, 0.2) is 0 Å². The van der Waals surface area contributed by atoms with Gasteiger partial charge in [-0.1, -0.05) is 11.6 Å². The van der Waals surface area contributed by atoms with Crippen molar-refractivity contribution in [1.82, 2.24) is 9.80 Å². The number of nitrogens with zero attached hydrogens (tertiary/aromatic N) is 2. The Labute approximate surface area is 141 Å². The van der Waals surface area contributed by atoms with Crippen LogP contribution in [0, 0.1) is 0 Å². The number of carbonyl (C=O) groups is 2. The molecule has 1 aliphatic rings. The van der Waals surface area contributed by atoms with Crippen LogP contribution in [0.4, 0.5) is 10.5 Å². The molecule has 1 saturated heterocycles. The molecule has 0 saturated carbocycles. The summed E-state index contributed by atoms with van der Waals surface area (Å²) in [6.45, 7) is 4.87. The molecule has 6 nitrogen and oxygen atoms in total. The monoisotopic (exact) mass is 339 g/mol. The van der Waals surface area contributed by atoms with E-state index in [9.17, 15) is 9.59 Å². The first-order chi connectivity index (χ1) is 10.8. The molecule has 0 aliphatic carbocycles. The van der Waals surface area contributed by atoms with Crippen molar-refractivity contribution in [2.24, 2.45) is 0 Å². The van der Waals surface area contributed by atoms with Crippen molar-refractivity contribution < 1.29 is 14.3 Å². The second kappa shape index (κ2) is 7.19. The van der Waals surface area contributed by atoms with Crippen LogP contribution in [0.3, 0.4) is 0 Å². The van der Waals surface area contributed by atoms with Crippen molar-refractivity contribution in [3.63, 3.8) is 0 Å². The molecule has 2 rings (SSSR count). The highest BCUT2D eigenvalue weighted by Gasteiger charge is 2.26. The molecule has 1 aliphatic heterocycles. The van der Waals surface area contributed by atoms with Crippen molar-refractivity contribution in [2.75, 3.05) is 32.5 Å². The summed E-state index contributed by atoms with van der Waals surface area (Å²) >= 11 is 6.01. The lowest BCUT2D eigenvalue weighted by atomic mass is 10.1. The smallest absolute Gasteiger partial charge is 0.322 e. The predicted octanol–water partition coefficient (Wildman–Crippen LogP) is 2.68. The van der Waals surface area contributed by atoms with Gasteiger partial charge in [-0.15, -0.1) is 0 Å². The Bertz CT molecular complexity index is 596. The molecule has 126 valence electrons. The molecule has 3 amide bonds. The average Bonchev–Trinajstić information content (AvgIpc) is 2.45. The van der Waals surface area contributed by atoms with Crippen molar-refractivity contribution in [2.45, 2.75) is 26.1 Å². The molecule has 0 unspecified atom stereocenters. The van der Waals surface area contributed by atoms with E-state index in [0.29, 0.717) is 29.4 Å². The zero-order valence-electron chi connectivity index (χ0n) is 13.8. The third kappa shape index (κ3) is 4.36. The zero-order valence-corrected chi connectivity index (χ0v) is 14.6. The van der Waals surface area contributed by atoms with Gasteiger partial charge in [-0.3, -0.25) is 4.79 Å². The van der Waals surface area contributed by atoms with E-state index in [2.05, 4.69) is 5.32 Å². The van der Waals surface area contributed by atoms with E-state index in [4.69, 9.17) is 16.3 Å². The van der Waals surface area contributed by atoms with Gasteiger partial charge in [0.2, 0.25) is 0 Å². The van der Waals surface area contributed by atoms with Crippen LogP contribution in [0.1, 0.15) is 24.2 Å². The largest absolute Gasteiger partial charge is 0.372 e. The Morgan fingerprint density at radius 3 is 2.43 bits per heavy atom. The van der Waals surface area contributed by atoms with E-state index in [1.807, 2.05) is 13.8 Å². The van der Waals surface area contributed by atoms with Crippen LogP contribution in [-0.4, -0.2) is 61.1 Å². The van der Waals surface area contributed by atoms with Crippen LogP contribution < -0.4 is 5.32 Å². The normalized spacial score (nSPS) is 21.0. The lowest BCUT2D eigenvalue weighted by Gasteiger charge is -2.35. The minimum absolute atomic E-state index is 0.0215. The number of hydrogen-bond acceptors (Lipinski definition) is 3. The van der Waals surface area contributed by atoms with Gasteiger partial charge in [-0.05, 0) is 32.0 Å². The first-order valence-corrected chi connectivity index (χ1v) is 7.88. The van der Waals surface area contributed by atoms with Crippen LogP contribution in [0.15, 0.2) is 18.2 Å². The molecular weight excluding hydrogens is 318 g/mol. The molecule has 0 radical (unpaired) electrons. The summed E-state index contributed by atoms with van der Waals surface area (Å²) in [4.78, 5) is 27.9. The number of benzene rings is 1. The summed E-state index contributed by atoms with van der Waals surface area (Å²) in [6, 6.07) is 4.57. The topological polar surface area (TPSA) is 61.9 Å². The maximum Gasteiger partial charge on any atom is 0.322 e. The summed E-state index contributed by atoms with van der Waals surface area (Å²) < 4.78 is 5.63. The minimum atomic E-state index is -0.262. The molecule has 0 spiro atoms. The van der Waals surface area contributed by atoms with Crippen molar-refractivity contribution in [3.8, 4) is 0 Å². The highest BCUT2D eigenvalue weighted by molar-refractivity contribution is 6.31. The summed E-state index contributed by atoms with van der Waals surface area (Å²) in [5.41, 5.74) is 0.815. The van der Waals surface area contributed by atoms with Crippen molar-refractivity contribution >= 4 is 29.2 Å². The average molecular weight is 340 g/mol. The molecule has 0 aromatic heterocycles. The van der Waals surface area contributed by atoms with Crippen LogP contribution in [0.2, 0.25) is 5.02 Å². The molecule has 1 fully saturated rings. The van der Waals surface area contributed by atoms with Gasteiger partial charge in [0.25, 0.3) is 5.91 Å². The van der Waals surface area contributed by atoms with Crippen LogP contribution in [-0.2, 0) is 4.74 Å². The van der Waals surface area contributed by atoms with Gasteiger partial charge in [-0.2, -0.15) is 0 Å². The number of nitrogens with one attached hydrogen (secondary N) is 1. The summed E-state index contributed by atoms with van der Waals surface area (Å²) in [5, 5.41) is 3.26. The van der Waals surface area contributed by atoms with Gasteiger partial charge in [0.1, 0.15) is 0 Å². The molecule has 1 heterocycles. The Balaban J connectivity index is 2.20. The van der Waals surface area contributed by atoms with Gasteiger partial charge < -0.3 is 19.9 Å². The van der Waals surface area contributed by atoms with Gasteiger partial charge in [0, 0.05) is 32.2 Å². The Hall–Kier alpha value is -1.79. The standard InChI is InChI=1S/C16H22ClN3O3/c1-10-8-20(9-11(2)23-10)16(22)18-14-7-12(17)5-6-13(14)15(21)19(3)4/h5-7,10-11H,8-9H2,1-4H3,(H,18,22)/t10-,11-/m0/s1. The molecular formula is C16H22ClN3O3. The summed E-state index contributed by atoms with van der Waals surface area (Å²) in [7, 11) is 3.32. The fraction of sp³-hybridized carbons (Fsp3) is 0.500. The zero-order chi connectivity index (χ0) is 17.1. The maximum atomic E-state index is 12.5. The minimum Gasteiger partial charge on any atom is -0.372 e. The van der Waals surface area contributed by atoms with E-state index >= 15 is 0 Å². The number of morpholine rings is 1. The van der Waals surface area contributed by atoms with E-state index in [-0.39, 0.29) is 24.1 Å². The first-order valence-electron chi connectivity index (χ1n) is 7.50. The first kappa shape index (κ1) is 17.6. The lowest BCUT2D eigenvalue weighted by molar-refractivity contribution is -0.0530. The van der Waals surface area contributed by atoms with Crippen molar-refractivity contribution in [1.29, 1.82) is 0 Å². The van der Waals surface area contributed by atoms with E-state index in [1.165, 1.54) is 4.90 Å². The molecule has 1 aromatic rings. The Kier molecular flexibility index (Phi) is 5.49. The number of hydrogen-bond donors (Lipinski definition) is 1. The third-order valence-electron chi connectivity index (χ3n) is 3.57. The number of carbonyl (C=O) groups excluding carboxylic acids is 2. The summed E-state index contributed by atoms with van der Waals surface area (Å²) in [5.74, 6) is -0.194. The molecule has 7 heteroatoms. The Morgan fingerprint density at radius 1 is 1.26 bits per heavy atom. The van der Waals surface area contributed by atoms with Crippen LogP contribution >= 0.6 is 11.6 Å². The fourth-order valence-electron chi connectivity index (χ4n) is 2.59. The molecule has 2 atom stereocenters. The Morgan fingerprint density at radius 2 is 1.87 bits per heavy atom. The molecule has 1 aromatic carbocycles. The lowest BCUT2D eigenvalue weighted by Crippen LogP contribution is -2.49. The predicted molar refractivity (Wildman–Crippen MR) is 90.1 cm³/mol. The second-order valence-electron chi connectivity index (χ2n) is 5.98. The van der Waals surface area contributed by atoms with Crippen LogP contribution in [0.25, 0.3) is 0 Å². The fourth-order valence-corrected chi connectivity index (χ4v) is 2.76. The molecule has 0 bridgehead atoms. The molecule has 1 N–H and O–H groups in total.